The van der Waals surface area contributed by atoms with Gasteiger partial charge in [0.15, 0.2) is 6.10 Å². The fraction of sp³-hybridized carbons (Fsp3) is 0.808. The Morgan fingerprint density at radius 1 is 1.03 bits per heavy atom. The predicted molar refractivity (Wildman–Crippen MR) is 129 cm³/mol. The number of ether oxygens (including phenoxy) is 2. The molecule has 192 valence electrons. The fourth-order valence-electron chi connectivity index (χ4n) is 3.73. The molecule has 1 heterocycles. The van der Waals surface area contributed by atoms with Crippen molar-refractivity contribution in [3.05, 3.63) is 18.7 Å². The maximum Gasteiger partial charge on any atom is 0.306 e. The van der Waals surface area contributed by atoms with E-state index < -0.39 is 37.0 Å². The van der Waals surface area contributed by atoms with Crippen LogP contribution in [-0.2, 0) is 19.1 Å². The van der Waals surface area contributed by atoms with Gasteiger partial charge in [0.05, 0.1) is 13.2 Å². The molecule has 4 atom stereocenters. The Labute approximate surface area is 199 Å². The first-order valence-electron chi connectivity index (χ1n) is 12.6. The number of allylic oxidation sites excluding steroid dienone is 2. The summed E-state index contributed by atoms with van der Waals surface area (Å²) in [6.07, 6.45) is 16.5. The number of hydrogen-bond acceptors (Lipinski definition) is 7. The molecule has 0 spiro atoms. The minimum absolute atomic E-state index is 0.0197. The second-order valence-corrected chi connectivity index (χ2v) is 8.55. The smallest absolute Gasteiger partial charge is 0.306 e. The van der Waals surface area contributed by atoms with Crippen molar-refractivity contribution in [2.24, 2.45) is 0 Å². The normalized spacial score (nSPS) is 20.8. The van der Waals surface area contributed by atoms with Crippen LogP contribution in [0.25, 0.3) is 0 Å². The van der Waals surface area contributed by atoms with Crippen LogP contribution in [0, 0.1) is 0 Å². The van der Waals surface area contributed by atoms with Gasteiger partial charge in [0.1, 0.15) is 24.3 Å². The monoisotopic (exact) mass is 470 g/mol. The van der Waals surface area contributed by atoms with Gasteiger partial charge in [-0.25, -0.2) is 4.79 Å². The number of aliphatic hydroxyl groups is 3. The lowest BCUT2D eigenvalue weighted by Crippen LogP contribution is -2.43. The quantitative estimate of drug-likeness (QED) is 0.120. The van der Waals surface area contributed by atoms with Gasteiger partial charge < -0.3 is 24.8 Å². The van der Waals surface area contributed by atoms with Crippen LogP contribution in [0.5, 0.6) is 0 Å². The Kier molecular flexibility index (Phi) is 21.3. The minimum atomic E-state index is -1.14. The number of carbonyl (C=O) groups is 1. The lowest BCUT2D eigenvalue weighted by atomic mass is 10.1. The molecule has 0 aromatic heterocycles. The van der Waals surface area contributed by atoms with Crippen LogP contribution in [0.15, 0.2) is 18.7 Å². The number of rotatable bonds is 18. The van der Waals surface area contributed by atoms with E-state index >= 15 is 0 Å². The maximum atomic E-state index is 11.9. The summed E-state index contributed by atoms with van der Waals surface area (Å²) in [7, 11) is 0. The molecule has 7 nitrogen and oxygen atoms in total. The highest BCUT2D eigenvalue weighted by molar-refractivity contribution is 5.69. The van der Waals surface area contributed by atoms with Crippen LogP contribution in [0.3, 0.4) is 0 Å². The molecule has 0 radical (unpaired) electrons. The Hall–Kier alpha value is -1.50. The van der Waals surface area contributed by atoms with Crippen LogP contribution in [0.2, 0.25) is 0 Å². The maximum absolute atomic E-state index is 11.9. The molecule has 7 heteroatoms. The van der Waals surface area contributed by atoms with Crippen molar-refractivity contribution >= 4 is 11.9 Å². The van der Waals surface area contributed by atoms with Crippen molar-refractivity contribution in [2.75, 3.05) is 13.2 Å². The van der Waals surface area contributed by atoms with E-state index in [-0.39, 0.29) is 6.61 Å². The van der Waals surface area contributed by atoms with Gasteiger partial charge in [-0.1, -0.05) is 70.4 Å². The lowest BCUT2D eigenvalue weighted by molar-refractivity contribution is -0.162. The summed E-state index contributed by atoms with van der Waals surface area (Å²) < 4.78 is 10.4. The van der Waals surface area contributed by atoms with Gasteiger partial charge in [-0.15, -0.1) is 0 Å². The van der Waals surface area contributed by atoms with Crippen molar-refractivity contribution in [2.45, 2.75) is 121 Å². The average Bonchev–Trinajstić information content (AvgIpc) is 3.13. The highest BCUT2D eigenvalue weighted by Crippen LogP contribution is 2.20. The van der Waals surface area contributed by atoms with Gasteiger partial charge in [0, 0.05) is 6.42 Å². The number of esters is 1. The molecule has 0 saturated carbocycles. The van der Waals surface area contributed by atoms with E-state index in [1.54, 1.807) is 0 Å². The first-order valence-corrected chi connectivity index (χ1v) is 12.6. The van der Waals surface area contributed by atoms with Crippen LogP contribution in [0.1, 0.15) is 96.8 Å². The number of unbranched alkanes of at least 4 members (excludes halogenated alkanes) is 11. The zero-order chi connectivity index (χ0) is 24.7. The Morgan fingerprint density at radius 3 is 2.03 bits per heavy atom. The van der Waals surface area contributed by atoms with E-state index in [1.807, 2.05) is 0 Å². The van der Waals surface area contributed by atoms with Gasteiger partial charge in [0.2, 0.25) is 0 Å². The van der Waals surface area contributed by atoms with E-state index in [2.05, 4.69) is 25.7 Å². The summed E-state index contributed by atoms with van der Waals surface area (Å²) in [5.74, 6) is 0.851. The molecule has 0 aliphatic carbocycles. The second kappa shape index (κ2) is 22.3. The van der Waals surface area contributed by atoms with Crippen molar-refractivity contribution in [3.8, 4) is 0 Å². The third-order valence-corrected chi connectivity index (χ3v) is 5.66. The predicted octanol–water partition coefficient (Wildman–Crippen LogP) is 4.05. The second-order valence-electron chi connectivity index (χ2n) is 8.55. The van der Waals surface area contributed by atoms with E-state index in [9.17, 15) is 20.1 Å². The molecule has 1 rings (SSSR count). The zero-order valence-corrected chi connectivity index (χ0v) is 20.5. The molecule has 1 saturated heterocycles. The molecule has 0 bridgehead atoms. The van der Waals surface area contributed by atoms with Gasteiger partial charge >= 0.3 is 5.97 Å². The molecule has 3 N–H and O–H groups in total. The summed E-state index contributed by atoms with van der Waals surface area (Å²) in [5, 5.41) is 28.7. The third-order valence-electron chi connectivity index (χ3n) is 5.66. The minimum Gasteiger partial charge on any atom is -0.457 e. The Balaban J connectivity index is 0.00000322. The summed E-state index contributed by atoms with van der Waals surface area (Å²) in [5.41, 5.74) is 0. The molecule has 1 aliphatic heterocycles. The molecule has 33 heavy (non-hydrogen) atoms. The van der Waals surface area contributed by atoms with E-state index in [4.69, 9.17) is 14.3 Å². The van der Waals surface area contributed by atoms with Gasteiger partial charge in [-0.05, 0) is 38.7 Å². The number of carbonyl (C=O) groups excluding carboxylic acids is 2. The Bertz CT molecular complexity index is 529. The van der Waals surface area contributed by atoms with Crippen LogP contribution < -0.4 is 0 Å². The van der Waals surface area contributed by atoms with E-state index in [0.717, 1.165) is 32.1 Å². The third kappa shape index (κ3) is 16.7. The highest BCUT2D eigenvalue weighted by Gasteiger charge is 2.41. The molecule has 0 aromatic carbocycles. The van der Waals surface area contributed by atoms with Gasteiger partial charge in [-0.2, -0.15) is 0 Å². The van der Waals surface area contributed by atoms with Crippen molar-refractivity contribution < 1.29 is 34.4 Å². The molecular weight excluding hydrogens is 424 g/mol. The average molecular weight is 471 g/mol. The topological polar surface area (TPSA) is 113 Å². The fourth-order valence-corrected chi connectivity index (χ4v) is 3.73. The van der Waals surface area contributed by atoms with Crippen molar-refractivity contribution in [1.29, 1.82) is 0 Å². The first kappa shape index (κ1) is 31.5. The molecule has 1 fully saturated rings. The highest BCUT2D eigenvalue weighted by atomic mass is 16.6. The van der Waals surface area contributed by atoms with Crippen LogP contribution >= 0.6 is 0 Å². The molecule has 1 aliphatic rings. The standard InChI is InChI=1S/C24H44O6.C2H2O/c1-2-3-4-5-6-7-8-9-10-11-12-13-14-15-16-17-22(27)30-21(18-25)24-23(28)20(26)19-29-24;1-2-3/h9-10,20-21,23-26,28H,2-8,11-19H2,1H3;1H2/b10-9-;/t20-,21+,23+,24+;/m0./s1. The molecule has 0 amide bonds. The van der Waals surface area contributed by atoms with Gasteiger partial charge in [-0.3, -0.25) is 4.79 Å². The SMILES string of the molecule is C=C=O.CCCCCCCC/C=C\CCCCCCCC(=O)O[C@H](CO)[C@H]1OC[C@H](O)[C@H]1O. The summed E-state index contributed by atoms with van der Waals surface area (Å²) >= 11 is 0. The van der Waals surface area contributed by atoms with E-state index in [0.29, 0.717) is 6.42 Å². The zero-order valence-electron chi connectivity index (χ0n) is 20.5. The van der Waals surface area contributed by atoms with Crippen molar-refractivity contribution in [3.63, 3.8) is 0 Å². The van der Waals surface area contributed by atoms with Crippen LogP contribution in [-0.4, -0.2) is 64.9 Å². The largest absolute Gasteiger partial charge is 0.457 e. The molecule has 0 aromatic rings. The Morgan fingerprint density at radius 2 is 1.55 bits per heavy atom. The summed E-state index contributed by atoms with van der Waals surface area (Å²) in [4.78, 5) is 20.5. The summed E-state index contributed by atoms with van der Waals surface area (Å²) in [6.45, 7) is 4.47. The van der Waals surface area contributed by atoms with Gasteiger partial charge in [0.25, 0.3) is 0 Å². The van der Waals surface area contributed by atoms with Crippen molar-refractivity contribution in [1.82, 2.24) is 0 Å². The number of hydrogen-bond donors (Lipinski definition) is 3. The number of aliphatic hydroxyl groups excluding tert-OH is 3. The first-order chi connectivity index (χ1) is 16.0. The van der Waals surface area contributed by atoms with E-state index in [1.165, 1.54) is 57.3 Å². The molecule has 0 unspecified atom stereocenters. The summed E-state index contributed by atoms with van der Waals surface area (Å²) in [6, 6.07) is 0. The molecular formula is C26H46O7. The van der Waals surface area contributed by atoms with Crippen LogP contribution in [0.4, 0.5) is 0 Å². The lowest BCUT2D eigenvalue weighted by Gasteiger charge is -2.24.